The van der Waals surface area contributed by atoms with E-state index in [0.29, 0.717) is 6.04 Å². The molecule has 1 N–H and O–H groups in total. The van der Waals surface area contributed by atoms with Crippen LogP contribution in [0.2, 0.25) is 5.02 Å². The molecule has 2 atom stereocenters. The van der Waals surface area contributed by atoms with Crippen molar-refractivity contribution in [3.63, 3.8) is 0 Å². The Kier molecular flexibility index (Phi) is 5.07. The fraction of sp³-hybridized carbons (Fsp3) is 0.632. The minimum atomic E-state index is -0.443. The first-order valence-electron chi connectivity index (χ1n) is 8.85. The Morgan fingerprint density at radius 1 is 1.38 bits per heavy atom. The fourth-order valence-electron chi connectivity index (χ4n) is 3.69. The van der Waals surface area contributed by atoms with Crippen LogP contribution in [0.5, 0.6) is 0 Å². The molecular formula is C19H27ClN2O2. The molecule has 0 aromatic heterocycles. The van der Waals surface area contributed by atoms with Crippen molar-refractivity contribution >= 4 is 17.7 Å². The summed E-state index contributed by atoms with van der Waals surface area (Å²) in [5.74, 6) is 0. The van der Waals surface area contributed by atoms with Crippen molar-refractivity contribution in [3.8, 4) is 0 Å². The van der Waals surface area contributed by atoms with Crippen LogP contribution in [0.3, 0.4) is 0 Å². The maximum absolute atomic E-state index is 12.4. The summed E-state index contributed by atoms with van der Waals surface area (Å²) in [6.07, 6.45) is 4.04. The van der Waals surface area contributed by atoms with E-state index in [2.05, 4.69) is 17.4 Å². The van der Waals surface area contributed by atoms with Crippen LogP contribution in [0.15, 0.2) is 18.2 Å². The van der Waals surface area contributed by atoms with Crippen molar-refractivity contribution in [1.29, 1.82) is 0 Å². The van der Waals surface area contributed by atoms with Crippen LogP contribution in [0.1, 0.15) is 57.2 Å². The van der Waals surface area contributed by atoms with Gasteiger partial charge < -0.3 is 15.0 Å². The molecule has 3 rings (SSSR count). The molecule has 0 bridgehead atoms. The number of ether oxygens (including phenoxy) is 1. The summed E-state index contributed by atoms with van der Waals surface area (Å²) in [5, 5.41) is 4.46. The van der Waals surface area contributed by atoms with E-state index in [9.17, 15) is 4.79 Å². The van der Waals surface area contributed by atoms with Crippen LogP contribution in [0, 0.1) is 0 Å². The van der Waals surface area contributed by atoms with Crippen LogP contribution in [0.25, 0.3) is 0 Å². The van der Waals surface area contributed by atoms with Gasteiger partial charge >= 0.3 is 6.09 Å². The Bertz CT molecular complexity index is 612. The maximum atomic E-state index is 12.4. The van der Waals surface area contributed by atoms with E-state index in [1.807, 2.05) is 31.7 Å². The van der Waals surface area contributed by atoms with Gasteiger partial charge in [0.2, 0.25) is 0 Å². The molecule has 4 nitrogen and oxygen atoms in total. The van der Waals surface area contributed by atoms with Gasteiger partial charge in [-0.05, 0) is 69.7 Å². The SMILES string of the molecule is CC(C)(C)OC(=O)N1CCCC1CNC1CCc2cc(Cl)ccc21. The van der Waals surface area contributed by atoms with Gasteiger partial charge in [0.05, 0.1) is 0 Å². The molecule has 1 heterocycles. The Labute approximate surface area is 149 Å². The average molecular weight is 351 g/mol. The predicted molar refractivity (Wildman–Crippen MR) is 96.5 cm³/mol. The average Bonchev–Trinajstić information content (AvgIpc) is 3.09. The molecule has 1 aliphatic heterocycles. The van der Waals surface area contributed by atoms with Gasteiger partial charge in [0.25, 0.3) is 0 Å². The van der Waals surface area contributed by atoms with E-state index in [4.69, 9.17) is 16.3 Å². The standard InChI is InChI=1S/C19H27ClN2O2/c1-19(2,3)24-18(23)22-10-4-5-15(22)12-21-17-9-6-13-11-14(20)7-8-16(13)17/h7-8,11,15,17,21H,4-6,9-10,12H2,1-3H3. The number of fused-ring (bicyclic) bond motifs is 1. The highest BCUT2D eigenvalue weighted by Crippen LogP contribution is 2.33. The van der Waals surface area contributed by atoms with Gasteiger partial charge in [-0.25, -0.2) is 4.79 Å². The van der Waals surface area contributed by atoms with E-state index < -0.39 is 5.60 Å². The number of rotatable bonds is 3. The second-order valence-electron chi connectivity index (χ2n) is 7.81. The molecule has 0 saturated carbocycles. The van der Waals surface area contributed by atoms with Crippen molar-refractivity contribution in [3.05, 3.63) is 34.3 Å². The highest BCUT2D eigenvalue weighted by atomic mass is 35.5. The molecule has 0 radical (unpaired) electrons. The summed E-state index contributed by atoms with van der Waals surface area (Å²) in [7, 11) is 0. The fourth-order valence-corrected chi connectivity index (χ4v) is 3.88. The van der Waals surface area contributed by atoms with Crippen molar-refractivity contribution in [2.45, 2.75) is 64.1 Å². The van der Waals surface area contributed by atoms with Gasteiger partial charge in [0.1, 0.15) is 5.60 Å². The Hall–Kier alpha value is -1.26. The number of halogens is 1. The van der Waals surface area contributed by atoms with E-state index in [1.54, 1.807) is 0 Å². The second kappa shape index (κ2) is 6.93. The smallest absolute Gasteiger partial charge is 0.410 e. The Morgan fingerprint density at radius 3 is 2.92 bits per heavy atom. The molecule has 2 unspecified atom stereocenters. The van der Waals surface area contributed by atoms with Crippen molar-refractivity contribution in [2.75, 3.05) is 13.1 Å². The van der Waals surface area contributed by atoms with Gasteiger partial charge in [-0.1, -0.05) is 17.7 Å². The summed E-state index contributed by atoms with van der Waals surface area (Å²) >= 11 is 6.08. The second-order valence-corrected chi connectivity index (χ2v) is 8.25. The largest absolute Gasteiger partial charge is 0.444 e. The zero-order valence-corrected chi connectivity index (χ0v) is 15.5. The third-order valence-corrected chi connectivity index (χ3v) is 5.02. The van der Waals surface area contributed by atoms with Crippen LogP contribution >= 0.6 is 11.6 Å². The number of likely N-dealkylation sites (tertiary alicyclic amines) is 1. The van der Waals surface area contributed by atoms with E-state index in [-0.39, 0.29) is 12.1 Å². The lowest BCUT2D eigenvalue weighted by atomic mass is 10.1. The summed E-state index contributed by atoms with van der Waals surface area (Å²) in [6, 6.07) is 6.74. The highest BCUT2D eigenvalue weighted by Gasteiger charge is 2.33. The van der Waals surface area contributed by atoms with Crippen molar-refractivity contribution in [2.24, 2.45) is 0 Å². The summed E-state index contributed by atoms with van der Waals surface area (Å²) in [6.45, 7) is 7.34. The number of nitrogens with one attached hydrogen (secondary N) is 1. The number of amides is 1. The molecule has 1 saturated heterocycles. The quantitative estimate of drug-likeness (QED) is 0.882. The summed E-state index contributed by atoms with van der Waals surface area (Å²) in [4.78, 5) is 14.2. The van der Waals surface area contributed by atoms with E-state index >= 15 is 0 Å². The number of carbonyl (C=O) groups excluding carboxylic acids is 1. The van der Waals surface area contributed by atoms with Crippen molar-refractivity contribution in [1.82, 2.24) is 10.2 Å². The number of hydrogen-bond donors (Lipinski definition) is 1. The summed E-state index contributed by atoms with van der Waals surface area (Å²) < 4.78 is 5.54. The number of nitrogens with zero attached hydrogens (tertiary/aromatic N) is 1. The van der Waals surface area contributed by atoms with Crippen LogP contribution in [0.4, 0.5) is 4.79 Å². The first-order chi connectivity index (χ1) is 11.3. The van der Waals surface area contributed by atoms with Crippen LogP contribution in [-0.4, -0.2) is 35.7 Å². The number of benzene rings is 1. The monoisotopic (exact) mass is 350 g/mol. The van der Waals surface area contributed by atoms with Gasteiger partial charge in [0.15, 0.2) is 0 Å². The molecule has 132 valence electrons. The first-order valence-corrected chi connectivity index (χ1v) is 9.22. The molecule has 1 aromatic rings. The maximum Gasteiger partial charge on any atom is 0.410 e. The van der Waals surface area contributed by atoms with Gasteiger partial charge in [-0.15, -0.1) is 0 Å². The van der Waals surface area contributed by atoms with Crippen LogP contribution < -0.4 is 5.32 Å². The molecule has 5 heteroatoms. The first kappa shape index (κ1) is 17.6. The minimum absolute atomic E-state index is 0.189. The van der Waals surface area contributed by atoms with Gasteiger partial charge in [0, 0.05) is 30.2 Å². The topological polar surface area (TPSA) is 41.6 Å². The molecule has 1 amide bonds. The molecule has 1 aromatic carbocycles. The Balaban J connectivity index is 1.58. The zero-order valence-electron chi connectivity index (χ0n) is 14.8. The molecule has 0 spiro atoms. The number of carbonyl (C=O) groups is 1. The normalized spacial score (nSPS) is 23.4. The molecule has 2 aliphatic rings. The highest BCUT2D eigenvalue weighted by molar-refractivity contribution is 6.30. The van der Waals surface area contributed by atoms with Gasteiger partial charge in [-0.3, -0.25) is 0 Å². The number of aryl methyl sites for hydroxylation is 1. The molecule has 24 heavy (non-hydrogen) atoms. The lowest BCUT2D eigenvalue weighted by molar-refractivity contribution is 0.0225. The third-order valence-electron chi connectivity index (χ3n) is 4.79. The Morgan fingerprint density at radius 2 is 2.17 bits per heavy atom. The molecular weight excluding hydrogens is 324 g/mol. The van der Waals surface area contributed by atoms with E-state index in [0.717, 1.165) is 43.8 Å². The van der Waals surface area contributed by atoms with Crippen molar-refractivity contribution < 1.29 is 9.53 Å². The minimum Gasteiger partial charge on any atom is -0.444 e. The molecule has 1 aliphatic carbocycles. The molecule has 1 fully saturated rings. The lowest BCUT2D eigenvalue weighted by Gasteiger charge is -2.29. The predicted octanol–water partition coefficient (Wildman–Crippen LogP) is 4.32. The van der Waals surface area contributed by atoms with Gasteiger partial charge in [-0.2, -0.15) is 0 Å². The summed E-state index contributed by atoms with van der Waals surface area (Å²) in [5.41, 5.74) is 2.25. The lowest BCUT2D eigenvalue weighted by Crippen LogP contribution is -2.44. The van der Waals surface area contributed by atoms with E-state index in [1.165, 1.54) is 11.1 Å². The number of hydrogen-bond acceptors (Lipinski definition) is 3. The van der Waals surface area contributed by atoms with Crippen LogP contribution in [-0.2, 0) is 11.2 Å². The third kappa shape index (κ3) is 4.04. The zero-order chi connectivity index (χ0) is 17.3.